The predicted octanol–water partition coefficient (Wildman–Crippen LogP) is 2.19. The maximum Gasteiger partial charge on any atom is 0.160 e. The summed E-state index contributed by atoms with van der Waals surface area (Å²) in [6.45, 7) is 4.72. The zero-order chi connectivity index (χ0) is 15.8. The maximum atomic E-state index is 4.96. The van der Waals surface area contributed by atoms with E-state index in [9.17, 15) is 0 Å². The first-order valence-electron chi connectivity index (χ1n) is 8.89. The fourth-order valence-corrected chi connectivity index (χ4v) is 4.15. The molecule has 0 amide bonds. The van der Waals surface area contributed by atoms with E-state index in [1.807, 2.05) is 12.3 Å². The zero-order valence-corrected chi connectivity index (χ0v) is 14.3. The van der Waals surface area contributed by atoms with Gasteiger partial charge in [0.25, 0.3) is 0 Å². The number of aromatic nitrogens is 3. The molecule has 2 aliphatic heterocycles. The van der Waals surface area contributed by atoms with Crippen molar-refractivity contribution in [2.45, 2.75) is 31.7 Å². The molecule has 5 nitrogen and oxygen atoms in total. The highest BCUT2D eigenvalue weighted by molar-refractivity contribution is 5.71. The van der Waals surface area contributed by atoms with E-state index in [2.05, 4.69) is 39.5 Å². The van der Waals surface area contributed by atoms with Crippen molar-refractivity contribution in [2.75, 3.05) is 40.3 Å². The van der Waals surface area contributed by atoms with Crippen LogP contribution in [0.2, 0.25) is 0 Å². The molecular weight excluding hydrogens is 286 g/mol. The minimum Gasteiger partial charge on any atom is -0.308 e. The fourth-order valence-electron chi connectivity index (χ4n) is 4.15. The average Bonchev–Trinajstić information content (AvgIpc) is 3.12. The number of piperidine rings is 1. The van der Waals surface area contributed by atoms with Crippen LogP contribution in [0.1, 0.15) is 31.1 Å². The Morgan fingerprint density at radius 2 is 1.87 bits per heavy atom. The van der Waals surface area contributed by atoms with Crippen LogP contribution in [0, 0.1) is 5.92 Å². The lowest BCUT2D eigenvalue weighted by Crippen LogP contribution is -2.31. The maximum absolute atomic E-state index is 4.96. The number of hydrogen-bond donors (Lipinski definition) is 0. The lowest BCUT2D eigenvalue weighted by molar-refractivity contribution is 0.216. The summed E-state index contributed by atoms with van der Waals surface area (Å²) >= 11 is 0. The van der Waals surface area contributed by atoms with Crippen molar-refractivity contribution in [2.24, 2.45) is 5.92 Å². The number of fused-ring (bicyclic) bond motifs is 1. The third-order valence-corrected chi connectivity index (χ3v) is 5.56. The summed E-state index contributed by atoms with van der Waals surface area (Å²) in [5, 5.41) is 0. The Hall–Kier alpha value is -1.46. The molecule has 1 unspecified atom stereocenters. The van der Waals surface area contributed by atoms with Gasteiger partial charge in [0, 0.05) is 19.2 Å². The Kier molecular flexibility index (Phi) is 4.07. The van der Waals surface area contributed by atoms with Gasteiger partial charge in [0.2, 0.25) is 0 Å². The van der Waals surface area contributed by atoms with Gasteiger partial charge in [0.05, 0.1) is 6.04 Å². The van der Waals surface area contributed by atoms with Crippen molar-refractivity contribution < 1.29 is 0 Å². The summed E-state index contributed by atoms with van der Waals surface area (Å²) in [5.41, 5.74) is 2.14. The summed E-state index contributed by atoms with van der Waals surface area (Å²) in [7, 11) is 4.44. The van der Waals surface area contributed by atoms with Gasteiger partial charge in [-0.25, -0.2) is 9.97 Å². The Morgan fingerprint density at radius 1 is 1.09 bits per heavy atom. The van der Waals surface area contributed by atoms with E-state index in [-0.39, 0.29) is 0 Å². The zero-order valence-electron chi connectivity index (χ0n) is 14.3. The van der Waals surface area contributed by atoms with Crippen molar-refractivity contribution >= 4 is 11.2 Å². The van der Waals surface area contributed by atoms with Gasteiger partial charge < -0.3 is 14.4 Å². The summed E-state index contributed by atoms with van der Waals surface area (Å²) in [5.74, 6) is 2.02. The molecule has 2 fully saturated rings. The lowest BCUT2D eigenvalue weighted by Gasteiger charge is -2.29. The summed E-state index contributed by atoms with van der Waals surface area (Å²) in [6, 6.07) is 4.64. The first-order chi connectivity index (χ1) is 11.2. The van der Waals surface area contributed by atoms with Crippen molar-refractivity contribution in [3.05, 3.63) is 24.2 Å². The number of likely N-dealkylation sites (tertiary alicyclic amines) is 2. The van der Waals surface area contributed by atoms with Crippen LogP contribution < -0.4 is 0 Å². The van der Waals surface area contributed by atoms with Gasteiger partial charge in [-0.15, -0.1) is 0 Å². The lowest BCUT2D eigenvalue weighted by atomic mass is 9.93. The van der Waals surface area contributed by atoms with Gasteiger partial charge in [0.1, 0.15) is 11.3 Å². The van der Waals surface area contributed by atoms with E-state index in [0.29, 0.717) is 6.04 Å². The predicted molar refractivity (Wildman–Crippen MR) is 92.6 cm³/mol. The molecule has 2 aliphatic rings. The molecule has 0 spiro atoms. The molecule has 124 valence electrons. The number of likely N-dealkylation sites (N-methyl/N-ethyl adjacent to an activating group) is 1. The number of imidazole rings is 1. The van der Waals surface area contributed by atoms with Gasteiger partial charge in [0.15, 0.2) is 5.65 Å². The van der Waals surface area contributed by atoms with Crippen molar-refractivity contribution in [1.82, 2.24) is 24.3 Å². The SMILES string of the molecule is CN1CCC(Cc2nc3cccnc3n2C2CCN(C)C2)CC1. The second-order valence-electron chi connectivity index (χ2n) is 7.40. The number of nitrogens with zero attached hydrogens (tertiary/aromatic N) is 5. The smallest absolute Gasteiger partial charge is 0.160 e. The molecule has 0 saturated carbocycles. The minimum absolute atomic E-state index is 0.529. The van der Waals surface area contributed by atoms with Gasteiger partial charge in [-0.05, 0) is 71.0 Å². The van der Waals surface area contributed by atoms with Crippen LogP contribution in [0.3, 0.4) is 0 Å². The van der Waals surface area contributed by atoms with Gasteiger partial charge in [-0.2, -0.15) is 0 Å². The quantitative estimate of drug-likeness (QED) is 0.870. The molecule has 1 atom stereocenters. The van der Waals surface area contributed by atoms with Crippen LogP contribution in [0.4, 0.5) is 0 Å². The monoisotopic (exact) mass is 313 g/mol. The Balaban J connectivity index is 1.65. The number of rotatable bonds is 3. The van der Waals surface area contributed by atoms with Crippen LogP contribution in [0.5, 0.6) is 0 Å². The Labute approximate surface area is 138 Å². The Bertz CT molecular complexity index is 671. The number of hydrogen-bond acceptors (Lipinski definition) is 4. The highest BCUT2D eigenvalue weighted by atomic mass is 15.2. The average molecular weight is 313 g/mol. The standard InChI is InChI=1S/C18H27N5/c1-21-9-5-14(6-10-21)12-17-20-16-4-3-8-19-18(16)23(17)15-7-11-22(2)13-15/h3-4,8,14-15H,5-7,9-13H2,1-2H3. The number of pyridine rings is 1. The van der Waals surface area contributed by atoms with E-state index in [1.54, 1.807) is 0 Å². The summed E-state index contributed by atoms with van der Waals surface area (Å²) in [4.78, 5) is 14.5. The van der Waals surface area contributed by atoms with Gasteiger partial charge in [-0.3, -0.25) is 0 Å². The highest BCUT2D eigenvalue weighted by Crippen LogP contribution is 2.29. The molecule has 0 bridgehead atoms. The molecule has 0 radical (unpaired) electrons. The first-order valence-corrected chi connectivity index (χ1v) is 8.89. The van der Waals surface area contributed by atoms with Crippen molar-refractivity contribution in [3.8, 4) is 0 Å². The van der Waals surface area contributed by atoms with Crippen molar-refractivity contribution in [3.63, 3.8) is 0 Å². The third kappa shape index (κ3) is 3.00. The Morgan fingerprint density at radius 3 is 2.61 bits per heavy atom. The fraction of sp³-hybridized carbons (Fsp3) is 0.667. The first kappa shape index (κ1) is 15.1. The molecule has 0 aliphatic carbocycles. The van der Waals surface area contributed by atoms with Crippen LogP contribution in [0.25, 0.3) is 11.2 Å². The van der Waals surface area contributed by atoms with Gasteiger partial charge >= 0.3 is 0 Å². The molecule has 4 heterocycles. The molecule has 0 N–H and O–H groups in total. The van der Waals surface area contributed by atoms with E-state index in [1.165, 1.54) is 44.7 Å². The largest absolute Gasteiger partial charge is 0.308 e. The van der Waals surface area contributed by atoms with Crippen LogP contribution in [-0.4, -0.2) is 64.6 Å². The molecule has 23 heavy (non-hydrogen) atoms. The molecule has 0 aromatic carbocycles. The topological polar surface area (TPSA) is 37.2 Å². The molecule has 2 aromatic heterocycles. The molecule has 2 aromatic rings. The van der Waals surface area contributed by atoms with E-state index >= 15 is 0 Å². The minimum atomic E-state index is 0.529. The third-order valence-electron chi connectivity index (χ3n) is 5.56. The van der Waals surface area contributed by atoms with Crippen LogP contribution in [0.15, 0.2) is 18.3 Å². The highest BCUT2D eigenvalue weighted by Gasteiger charge is 2.27. The molecular formula is C18H27N5. The second kappa shape index (κ2) is 6.21. The molecule has 2 saturated heterocycles. The second-order valence-corrected chi connectivity index (χ2v) is 7.40. The molecule has 4 rings (SSSR count). The van der Waals surface area contributed by atoms with Gasteiger partial charge in [-0.1, -0.05) is 0 Å². The normalized spacial score (nSPS) is 24.7. The van der Waals surface area contributed by atoms with E-state index in [4.69, 9.17) is 4.98 Å². The molecule has 5 heteroatoms. The van der Waals surface area contributed by atoms with Crippen LogP contribution >= 0.6 is 0 Å². The van der Waals surface area contributed by atoms with Crippen molar-refractivity contribution in [1.29, 1.82) is 0 Å². The summed E-state index contributed by atoms with van der Waals surface area (Å²) < 4.78 is 2.46. The van der Waals surface area contributed by atoms with Crippen LogP contribution in [-0.2, 0) is 6.42 Å². The van der Waals surface area contributed by atoms with E-state index in [0.717, 1.165) is 30.0 Å². The van der Waals surface area contributed by atoms with E-state index < -0.39 is 0 Å². The summed E-state index contributed by atoms with van der Waals surface area (Å²) in [6.07, 6.45) is 6.79.